The monoisotopic (exact) mass is 297 g/mol. The Balaban J connectivity index is 2.22. The van der Waals surface area contributed by atoms with Crippen LogP contribution in [0.4, 0.5) is 5.82 Å². The van der Waals surface area contributed by atoms with Gasteiger partial charge in [-0.2, -0.15) is 4.31 Å². The molecule has 3 N–H and O–H groups in total. The molecule has 1 fully saturated rings. The van der Waals surface area contributed by atoms with Crippen LogP contribution >= 0.6 is 0 Å². The number of nitrogens with one attached hydrogen (secondary N) is 1. The number of piperazine rings is 1. The van der Waals surface area contributed by atoms with E-state index in [4.69, 9.17) is 11.1 Å². The Morgan fingerprint density at radius 1 is 1.30 bits per heavy atom. The molecule has 0 atom stereocenters. The van der Waals surface area contributed by atoms with E-state index in [1.807, 2.05) is 17.9 Å². The van der Waals surface area contributed by atoms with Crippen LogP contribution in [0.2, 0.25) is 0 Å². The first-order valence-electron chi connectivity index (χ1n) is 6.31. The number of pyridine rings is 1. The maximum atomic E-state index is 11.5. The predicted molar refractivity (Wildman–Crippen MR) is 78.6 cm³/mol. The van der Waals surface area contributed by atoms with Crippen molar-refractivity contribution in [3.05, 3.63) is 23.4 Å². The highest BCUT2D eigenvalue weighted by Gasteiger charge is 2.25. The minimum absolute atomic E-state index is 0.0296. The van der Waals surface area contributed by atoms with Crippen LogP contribution in [0.5, 0.6) is 0 Å². The molecular weight excluding hydrogens is 278 g/mol. The van der Waals surface area contributed by atoms with Gasteiger partial charge in [0.15, 0.2) is 0 Å². The minimum atomic E-state index is -3.15. The molecule has 1 saturated heterocycles. The summed E-state index contributed by atoms with van der Waals surface area (Å²) in [5.74, 6) is 0.628. The van der Waals surface area contributed by atoms with Crippen LogP contribution in [0, 0.1) is 12.3 Å². The summed E-state index contributed by atoms with van der Waals surface area (Å²) in [7, 11) is -3.15. The van der Waals surface area contributed by atoms with Gasteiger partial charge in [0.1, 0.15) is 11.7 Å². The average Bonchev–Trinajstić information content (AvgIpc) is 2.37. The number of sulfonamides is 1. The van der Waals surface area contributed by atoms with Gasteiger partial charge in [0.25, 0.3) is 0 Å². The Kier molecular flexibility index (Phi) is 3.96. The number of aromatic nitrogens is 1. The summed E-state index contributed by atoms with van der Waals surface area (Å²) in [4.78, 5) is 6.42. The van der Waals surface area contributed by atoms with Gasteiger partial charge in [-0.3, -0.25) is 5.41 Å². The van der Waals surface area contributed by atoms with E-state index in [1.54, 1.807) is 6.07 Å². The second kappa shape index (κ2) is 5.37. The highest BCUT2D eigenvalue weighted by Crippen LogP contribution is 2.20. The lowest BCUT2D eigenvalue weighted by atomic mass is 10.2. The maximum Gasteiger partial charge on any atom is 0.211 e. The molecule has 0 bridgehead atoms. The summed E-state index contributed by atoms with van der Waals surface area (Å²) in [6, 6.07) is 3.59. The molecule has 1 aliphatic rings. The van der Waals surface area contributed by atoms with E-state index in [9.17, 15) is 8.42 Å². The fraction of sp³-hybridized carbons (Fsp3) is 0.500. The van der Waals surface area contributed by atoms with E-state index in [0.29, 0.717) is 37.6 Å². The summed E-state index contributed by atoms with van der Waals surface area (Å²) in [6.45, 7) is 3.81. The fourth-order valence-electron chi connectivity index (χ4n) is 2.23. The molecule has 7 nitrogen and oxygen atoms in total. The van der Waals surface area contributed by atoms with E-state index in [0.717, 1.165) is 5.69 Å². The molecular formula is C12H19N5O2S. The van der Waals surface area contributed by atoms with E-state index in [-0.39, 0.29) is 5.84 Å². The zero-order valence-electron chi connectivity index (χ0n) is 11.6. The highest BCUT2D eigenvalue weighted by molar-refractivity contribution is 7.88. The molecule has 110 valence electrons. The van der Waals surface area contributed by atoms with Crippen molar-refractivity contribution >= 4 is 21.7 Å². The van der Waals surface area contributed by atoms with Gasteiger partial charge in [0.05, 0.1) is 11.8 Å². The summed E-state index contributed by atoms with van der Waals surface area (Å²) >= 11 is 0. The van der Waals surface area contributed by atoms with Crippen LogP contribution in [-0.4, -0.2) is 56.0 Å². The van der Waals surface area contributed by atoms with Crippen molar-refractivity contribution in [3.63, 3.8) is 0 Å². The zero-order valence-corrected chi connectivity index (χ0v) is 12.4. The fourth-order valence-corrected chi connectivity index (χ4v) is 3.05. The van der Waals surface area contributed by atoms with Gasteiger partial charge in [-0.25, -0.2) is 13.4 Å². The summed E-state index contributed by atoms with van der Waals surface area (Å²) in [5, 5.41) is 7.61. The van der Waals surface area contributed by atoms with Crippen LogP contribution in [0.25, 0.3) is 0 Å². The zero-order chi connectivity index (χ0) is 14.9. The van der Waals surface area contributed by atoms with E-state index < -0.39 is 10.0 Å². The topological polar surface area (TPSA) is 103 Å². The number of hydrogen-bond acceptors (Lipinski definition) is 5. The molecule has 20 heavy (non-hydrogen) atoms. The second-order valence-electron chi connectivity index (χ2n) is 4.89. The summed E-state index contributed by atoms with van der Waals surface area (Å²) in [5.41, 5.74) is 7.01. The Labute approximate surface area is 119 Å². The molecule has 1 aromatic heterocycles. The molecule has 1 aromatic rings. The highest BCUT2D eigenvalue weighted by atomic mass is 32.2. The molecule has 8 heteroatoms. The number of amidine groups is 1. The van der Waals surface area contributed by atoms with Crippen molar-refractivity contribution in [1.82, 2.24) is 9.29 Å². The van der Waals surface area contributed by atoms with Crippen LogP contribution < -0.4 is 10.6 Å². The van der Waals surface area contributed by atoms with Crippen LogP contribution in [0.15, 0.2) is 12.1 Å². The number of hydrogen-bond donors (Lipinski definition) is 2. The van der Waals surface area contributed by atoms with Crippen molar-refractivity contribution in [3.8, 4) is 0 Å². The lowest BCUT2D eigenvalue weighted by Gasteiger charge is -2.34. The maximum absolute atomic E-state index is 11.5. The molecule has 2 heterocycles. The number of nitrogen functional groups attached to an aromatic ring is 1. The second-order valence-corrected chi connectivity index (χ2v) is 6.87. The molecule has 0 aromatic carbocycles. The van der Waals surface area contributed by atoms with E-state index in [1.165, 1.54) is 10.6 Å². The van der Waals surface area contributed by atoms with Gasteiger partial charge < -0.3 is 10.6 Å². The molecule has 0 aliphatic carbocycles. The Morgan fingerprint density at radius 3 is 2.40 bits per heavy atom. The van der Waals surface area contributed by atoms with Gasteiger partial charge in [-0.1, -0.05) is 0 Å². The molecule has 0 amide bonds. The molecule has 0 unspecified atom stereocenters. The quantitative estimate of drug-likeness (QED) is 0.592. The van der Waals surface area contributed by atoms with Crippen LogP contribution in [0.1, 0.15) is 11.3 Å². The third-order valence-electron chi connectivity index (χ3n) is 3.31. The summed E-state index contributed by atoms with van der Waals surface area (Å²) < 4.78 is 24.4. The van der Waals surface area contributed by atoms with E-state index in [2.05, 4.69) is 4.98 Å². The van der Waals surface area contributed by atoms with Crippen molar-refractivity contribution in [2.24, 2.45) is 5.73 Å². The Bertz CT molecular complexity index is 621. The lowest BCUT2D eigenvalue weighted by molar-refractivity contribution is 0.387. The Hall–Kier alpha value is -1.67. The van der Waals surface area contributed by atoms with Gasteiger partial charge in [0.2, 0.25) is 10.0 Å². The van der Waals surface area contributed by atoms with Gasteiger partial charge in [-0.15, -0.1) is 0 Å². The first-order chi connectivity index (χ1) is 9.29. The normalized spacial score (nSPS) is 17.2. The standard InChI is InChI=1S/C12H19N5O2S/c1-9-3-4-10(11(13)14)12(15-9)16-5-7-17(8-6-16)20(2,18)19/h3-4H,5-8H2,1-2H3,(H3,13,14). The number of aryl methyl sites for hydroxylation is 1. The van der Waals surface area contributed by atoms with Gasteiger partial charge in [0, 0.05) is 31.9 Å². The minimum Gasteiger partial charge on any atom is -0.384 e. The summed E-state index contributed by atoms with van der Waals surface area (Å²) in [6.07, 6.45) is 1.22. The number of anilines is 1. The SMILES string of the molecule is Cc1ccc(C(=N)N)c(N2CCN(S(C)(=O)=O)CC2)n1. The molecule has 0 saturated carbocycles. The third-order valence-corrected chi connectivity index (χ3v) is 4.61. The lowest BCUT2D eigenvalue weighted by Crippen LogP contribution is -2.49. The van der Waals surface area contributed by atoms with Crippen molar-refractivity contribution in [1.29, 1.82) is 5.41 Å². The van der Waals surface area contributed by atoms with Crippen molar-refractivity contribution < 1.29 is 8.42 Å². The van der Waals surface area contributed by atoms with Gasteiger partial charge in [-0.05, 0) is 19.1 Å². The molecule has 1 aliphatic heterocycles. The first-order valence-corrected chi connectivity index (χ1v) is 8.16. The third kappa shape index (κ3) is 3.07. The number of nitrogens with zero attached hydrogens (tertiary/aromatic N) is 3. The smallest absolute Gasteiger partial charge is 0.211 e. The van der Waals surface area contributed by atoms with E-state index >= 15 is 0 Å². The van der Waals surface area contributed by atoms with Crippen molar-refractivity contribution in [2.75, 3.05) is 37.3 Å². The van der Waals surface area contributed by atoms with Crippen LogP contribution in [-0.2, 0) is 10.0 Å². The number of nitrogens with two attached hydrogens (primary N) is 1. The number of rotatable bonds is 3. The van der Waals surface area contributed by atoms with Crippen LogP contribution in [0.3, 0.4) is 0 Å². The average molecular weight is 297 g/mol. The largest absolute Gasteiger partial charge is 0.384 e. The van der Waals surface area contributed by atoms with Gasteiger partial charge >= 0.3 is 0 Å². The predicted octanol–water partition coefficient (Wildman–Crippen LogP) is -0.244. The molecule has 0 radical (unpaired) electrons. The molecule has 2 rings (SSSR count). The first kappa shape index (κ1) is 14.7. The molecule has 0 spiro atoms. The Morgan fingerprint density at radius 2 is 1.90 bits per heavy atom. The van der Waals surface area contributed by atoms with Crippen molar-refractivity contribution in [2.45, 2.75) is 6.92 Å².